The van der Waals surface area contributed by atoms with E-state index in [0.717, 1.165) is 0 Å². The minimum Gasteiger partial charge on any atom is -0.387 e. The molecule has 0 rings (SSSR count). The molecular formula is C7H18N2O. The van der Waals surface area contributed by atoms with Crippen molar-refractivity contribution in [3.8, 4) is 0 Å². The molecule has 0 aliphatic carbocycles. The Hall–Kier alpha value is -0.120. The predicted octanol–water partition coefficient (Wildman–Crippen LogP) is 0.0270. The van der Waals surface area contributed by atoms with Crippen molar-refractivity contribution in [1.82, 2.24) is 0 Å². The Morgan fingerprint density at radius 3 is 1.40 bits per heavy atom. The molecule has 0 aliphatic rings. The first-order valence-corrected chi connectivity index (χ1v) is 3.43. The van der Waals surface area contributed by atoms with Gasteiger partial charge in [0.15, 0.2) is 0 Å². The van der Waals surface area contributed by atoms with E-state index in [1.54, 1.807) is 6.92 Å². The molecule has 3 nitrogen and oxygen atoms in total. The summed E-state index contributed by atoms with van der Waals surface area (Å²) in [6.45, 7) is 7.36. The van der Waals surface area contributed by atoms with Crippen molar-refractivity contribution in [3.63, 3.8) is 0 Å². The molecular weight excluding hydrogens is 128 g/mol. The number of hydrogen-bond acceptors (Lipinski definition) is 3. The maximum absolute atomic E-state index is 9.68. The van der Waals surface area contributed by atoms with Crippen LogP contribution in [0.5, 0.6) is 0 Å². The minimum atomic E-state index is -1.01. The van der Waals surface area contributed by atoms with Gasteiger partial charge in [0, 0.05) is 0 Å². The molecule has 0 bridgehead atoms. The summed E-state index contributed by atoms with van der Waals surface area (Å²) in [6.07, 6.45) is -0.688. The van der Waals surface area contributed by atoms with Crippen LogP contribution in [0.3, 0.4) is 0 Å². The van der Waals surface area contributed by atoms with Crippen LogP contribution in [0.1, 0.15) is 27.7 Å². The van der Waals surface area contributed by atoms with E-state index in [2.05, 4.69) is 0 Å². The van der Waals surface area contributed by atoms with Crippen LogP contribution in [0, 0.1) is 5.41 Å². The lowest BCUT2D eigenvalue weighted by molar-refractivity contribution is -0.0603. The summed E-state index contributed by atoms with van der Waals surface area (Å²) in [6, 6.07) is 0. The van der Waals surface area contributed by atoms with Gasteiger partial charge in [-0.3, -0.25) is 0 Å². The second-order valence-electron chi connectivity index (χ2n) is 3.92. The van der Waals surface area contributed by atoms with Crippen molar-refractivity contribution in [1.29, 1.82) is 0 Å². The highest BCUT2D eigenvalue weighted by atomic mass is 16.3. The summed E-state index contributed by atoms with van der Waals surface area (Å²) in [5.41, 5.74) is 9.48. The number of aliphatic hydroxyl groups is 1. The van der Waals surface area contributed by atoms with Crippen LogP contribution in [-0.2, 0) is 0 Å². The summed E-state index contributed by atoms with van der Waals surface area (Å²) in [5, 5.41) is 9.68. The zero-order valence-electron chi connectivity index (χ0n) is 7.18. The Bertz CT molecular complexity index is 113. The highest BCUT2D eigenvalue weighted by Crippen LogP contribution is 2.30. The van der Waals surface area contributed by atoms with Gasteiger partial charge in [0.05, 0.1) is 11.8 Å². The maximum atomic E-state index is 9.68. The van der Waals surface area contributed by atoms with Crippen molar-refractivity contribution in [2.24, 2.45) is 16.9 Å². The summed E-state index contributed by atoms with van der Waals surface area (Å²) < 4.78 is 0. The SMILES string of the molecule is CC(C)(C)C(C)(O)C(N)N. The molecule has 0 heterocycles. The van der Waals surface area contributed by atoms with Gasteiger partial charge in [0.25, 0.3) is 0 Å². The molecule has 0 spiro atoms. The molecule has 0 aliphatic heterocycles. The number of hydrogen-bond donors (Lipinski definition) is 3. The van der Waals surface area contributed by atoms with Crippen molar-refractivity contribution < 1.29 is 5.11 Å². The molecule has 1 unspecified atom stereocenters. The van der Waals surface area contributed by atoms with E-state index in [9.17, 15) is 5.11 Å². The van der Waals surface area contributed by atoms with Crippen molar-refractivity contribution in [2.45, 2.75) is 39.5 Å². The molecule has 3 heteroatoms. The second-order valence-corrected chi connectivity index (χ2v) is 3.92. The fourth-order valence-corrected chi connectivity index (χ4v) is 0.500. The van der Waals surface area contributed by atoms with Gasteiger partial charge in [0.2, 0.25) is 0 Å². The van der Waals surface area contributed by atoms with E-state index in [1.165, 1.54) is 0 Å². The van der Waals surface area contributed by atoms with Gasteiger partial charge in [0.1, 0.15) is 0 Å². The van der Waals surface area contributed by atoms with E-state index >= 15 is 0 Å². The van der Waals surface area contributed by atoms with Gasteiger partial charge >= 0.3 is 0 Å². The van der Waals surface area contributed by atoms with E-state index < -0.39 is 11.8 Å². The standard InChI is InChI=1S/C7H18N2O/c1-6(2,3)7(4,10)5(8)9/h5,10H,8-9H2,1-4H3. The van der Waals surface area contributed by atoms with Crippen LogP contribution in [0.2, 0.25) is 0 Å². The molecule has 0 aromatic carbocycles. The first kappa shape index (κ1) is 9.88. The van der Waals surface area contributed by atoms with Crippen molar-refractivity contribution in [2.75, 3.05) is 0 Å². The quantitative estimate of drug-likeness (QED) is 0.457. The van der Waals surface area contributed by atoms with Crippen LogP contribution in [0.25, 0.3) is 0 Å². The summed E-state index contributed by atoms with van der Waals surface area (Å²) in [7, 11) is 0. The van der Waals surface area contributed by atoms with Crippen LogP contribution in [0.15, 0.2) is 0 Å². The fraction of sp³-hybridized carbons (Fsp3) is 1.00. The van der Waals surface area contributed by atoms with E-state index in [4.69, 9.17) is 11.5 Å². The van der Waals surface area contributed by atoms with Gasteiger partial charge in [-0.25, -0.2) is 0 Å². The lowest BCUT2D eigenvalue weighted by Gasteiger charge is -2.39. The predicted molar refractivity (Wildman–Crippen MR) is 42.2 cm³/mol. The average Bonchev–Trinajstić information content (AvgIpc) is 1.62. The third-order valence-corrected chi connectivity index (χ3v) is 2.17. The highest BCUT2D eigenvalue weighted by molar-refractivity contribution is 4.91. The van der Waals surface area contributed by atoms with Gasteiger partial charge in [-0.05, 0) is 12.3 Å². The lowest BCUT2D eigenvalue weighted by Crippen LogP contribution is -2.58. The molecule has 0 aromatic rings. The minimum absolute atomic E-state index is 0.277. The first-order valence-electron chi connectivity index (χ1n) is 3.43. The first-order chi connectivity index (χ1) is 4.19. The Kier molecular flexibility index (Phi) is 2.46. The summed E-state index contributed by atoms with van der Waals surface area (Å²) in [4.78, 5) is 0. The lowest BCUT2D eigenvalue weighted by atomic mass is 9.76. The topological polar surface area (TPSA) is 72.3 Å². The smallest absolute Gasteiger partial charge is 0.0946 e. The zero-order valence-corrected chi connectivity index (χ0v) is 7.18. The van der Waals surface area contributed by atoms with E-state index in [0.29, 0.717) is 0 Å². The molecule has 10 heavy (non-hydrogen) atoms. The third-order valence-electron chi connectivity index (χ3n) is 2.17. The van der Waals surface area contributed by atoms with Crippen molar-refractivity contribution >= 4 is 0 Å². The average molecular weight is 146 g/mol. The van der Waals surface area contributed by atoms with Gasteiger partial charge in [-0.1, -0.05) is 20.8 Å². The van der Waals surface area contributed by atoms with Crippen LogP contribution >= 0.6 is 0 Å². The Morgan fingerprint density at radius 1 is 1.10 bits per heavy atom. The Morgan fingerprint density at radius 2 is 1.40 bits per heavy atom. The Balaban J connectivity index is 4.40. The second kappa shape index (κ2) is 2.49. The molecule has 0 amide bonds. The molecule has 5 N–H and O–H groups in total. The maximum Gasteiger partial charge on any atom is 0.0946 e. The zero-order chi connectivity index (χ0) is 8.58. The third kappa shape index (κ3) is 1.68. The van der Waals surface area contributed by atoms with Crippen LogP contribution in [-0.4, -0.2) is 16.9 Å². The van der Waals surface area contributed by atoms with Gasteiger partial charge in [-0.15, -0.1) is 0 Å². The molecule has 1 atom stereocenters. The molecule has 0 saturated carbocycles. The molecule has 0 saturated heterocycles. The number of nitrogens with two attached hydrogens (primary N) is 2. The number of rotatable bonds is 1. The highest BCUT2D eigenvalue weighted by Gasteiger charge is 2.38. The summed E-state index contributed by atoms with van der Waals surface area (Å²) in [5.74, 6) is 0. The molecule has 62 valence electrons. The van der Waals surface area contributed by atoms with E-state index in [1.807, 2.05) is 20.8 Å². The largest absolute Gasteiger partial charge is 0.387 e. The molecule has 0 aromatic heterocycles. The van der Waals surface area contributed by atoms with Gasteiger partial charge < -0.3 is 16.6 Å². The van der Waals surface area contributed by atoms with Crippen LogP contribution < -0.4 is 11.5 Å². The molecule has 0 fully saturated rings. The monoisotopic (exact) mass is 146 g/mol. The van der Waals surface area contributed by atoms with E-state index in [-0.39, 0.29) is 5.41 Å². The summed E-state index contributed by atoms with van der Waals surface area (Å²) >= 11 is 0. The van der Waals surface area contributed by atoms with Crippen LogP contribution in [0.4, 0.5) is 0 Å². The fourth-order valence-electron chi connectivity index (χ4n) is 0.500. The normalized spacial score (nSPS) is 19.2. The van der Waals surface area contributed by atoms with Gasteiger partial charge in [-0.2, -0.15) is 0 Å². The molecule has 0 radical (unpaired) electrons. The van der Waals surface area contributed by atoms with Crippen molar-refractivity contribution in [3.05, 3.63) is 0 Å². The Labute approximate surface area is 62.4 Å².